The summed E-state index contributed by atoms with van der Waals surface area (Å²) in [5, 5.41) is 3.33. The molecular weight excluding hydrogens is 264 g/mol. The Labute approximate surface area is 126 Å². The second-order valence-electron chi connectivity index (χ2n) is 5.99. The molecule has 2 saturated heterocycles. The van der Waals surface area contributed by atoms with Crippen molar-refractivity contribution in [3.8, 4) is 0 Å². The van der Waals surface area contributed by atoms with Crippen LogP contribution in [0.2, 0.25) is 0 Å². The maximum Gasteiger partial charge on any atom is 0.222 e. The molecule has 0 bridgehead atoms. The molecule has 1 N–H and O–H groups in total. The van der Waals surface area contributed by atoms with Crippen LogP contribution in [0.5, 0.6) is 0 Å². The molecule has 1 aromatic rings. The summed E-state index contributed by atoms with van der Waals surface area (Å²) in [5.74, 6) is 1.30. The molecule has 1 atom stereocenters. The van der Waals surface area contributed by atoms with Gasteiger partial charge in [0.1, 0.15) is 5.82 Å². The van der Waals surface area contributed by atoms with Gasteiger partial charge in [0.2, 0.25) is 5.91 Å². The number of nitrogens with zero attached hydrogens (tertiary/aromatic N) is 3. The lowest BCUT2D eigenvalue weighted by molar-refractivity contribution is -0.130. The third-order valence-corrected chi connectivity index (χ3v) is 4.37. The van der Waals surface area contributed by atoms with Crippen molar-refractivity contribution in [3.05, 3.63) is 23.9 Å². The number of rotatable bonds is 5. The van der Waals surface area contributed by atoms with Crippen LogP contribution in [0.1, 0.15) is 31.7 Å². The fourth-order valence-corrected chi connectivity index (χ4v) is 3.25. The molecule has 3 rings (SSSR count). The molecule has 2 fully saturated rings. The fourth-order valence-electron chi connectivity index (χ4n) is 3.25. The van der Waals surface area contributed by atoms with Gasteiger partial charge in [-0.2, -0.15) is 0 Å². The maximum atomic E-state index is 11.7. The number of hydrogen-bond acceptors (Lipinski definition) is 4. The molecule has 0 saturated carbocycles. The summed E-state index contributed by atoms with van der Waals surface area (Å²) in [6, 6.07) is 4.66. The lowest BCUT2D eigenvalue weighted by Gasteiger charge is -2.37. The van der Waals surface area contributed by atoms with E-state index in [0.717, 1.165) is 57.8 Å². The highest BCUT2D eigenvalue weighted by molar-refractivity contribution is 5.78. The summed E-state index contributed by atoms with van der Waals surface area (Å²) in [6.45, 7) is 6.92. The second-order valence-corrected chi connectivity index (χ2v) is 5.99. The standard InChI is InChI=1S/C16H24N4O/c1-2-6-17-15-10-13(5-7-18-15)11-19-8-9-20-14(12-19)3-4-16(20)21/h5,7,10,14H,2-4,6,8-9,11-12H2,1H3,(H,17,18). The highest BCUT2D eigenvalue weighted by Gasteiger charge is 2.35. The van der Waals surface area contributed by atoms with E-state index in [1.165, 1.54) is 5.56 Å². The molecule has 0 aliphatic carbocycles. The summed E-state index contributed by atoms with van der Waals surface area (Å²) in [6.07, 6.45) is 4.74. The Bertz CT molecular complexity index is 505. The normalized spacial score (nSPS) is 22.4. The molecule has 0 radical (unpaired) electrons. The van der Waals surface area contributed by atoms with E-state index in [9.17, 15) is 4.79 Å². The SMILES string of the molecule is CCCNc1cc(CN2CCN3C(=O)CCC3C2)ccn1. The van der Waals surface area contributed by atoms with Crippen LogP contribution in [0.25, 0.3) is 0 Å². The number of pyridine rings is 1. The quantitative estimate of drug-likeness (QED) is 0.896. The molecule has 1 amide bonds. The lowest BCUT2D eigenvalue weighted by Crippen LogP contribution is -2.50. The van der Waals surface area contributed by atoms with E-state index in [4.69, 9.17) is 0 Å². The van der Waals surface area contributed by atoms with Crippen LogP contribution in [0.15, 0.2) is 18.3 Å². The Morgan fingerprint density at radius 2 is 2.33 bits per heavy atom. The number of aromatic nitrogens is 1. The van der Waals surface area contributed by atoms with Gasteiger partial charge in [0, 0.05) is 51.4 Å². The van der Waals surface area contributed by atoms with Gasteiger partial charge in [-0.15, -0.1) is 0 Å². The zero-order chi connectivity index (χ0) is 14.7. The zero-order valence-electron chi connectivity index (χ0n) is 12.7. The molecule has 114 valence electrons. The molecule has 1 aromatic heterocycles. The number of amides is 1. The fraction of sp³-hybridized carbons (Fsp3) is 0.625. The molecular formula is C16H24N4O. The Kier molecular flexibility index (Phi) is 4.39. The minimum Gasteiger partial charge on any atom is -0.370 e. The summed E-state index contributed by atoms with van der Waals surface area (Å²) in [7, 11) is 0. The van der Waals surface area contributed by atoms with Crippen molar-refractivity contribution < 1.29 is 4.79 Å². The predicted molar refractivity (Wildman–Crippen MR) is 83.0 cm³/mol. The molecule has 21 heavy (non-hydrogen) atoms. The van der Waals surface area contributed by atoms with E-state index in [-0.39, 0.29) is 0 Å². The Hall–Kier alpha value is -1.62. The van der Waals surface area contributed by atoms with Gasteiger partial charge in [-0.3, -0.25) is 9.69 Å². The van der Waals surface area contributed by atoms with Crippen molar-refractivity contribution >= 4 is 11.7 Å². The number of piperazine rings is 1. The van der Waals surface area contributed by atoms with Crippen LogP contribution in [0, 0.1) is 0 Å². The largest absolute Gasteiger partial charge is 0.370 e. The van der Waals surface area contributed by atoms with Crippen LogP contribution >= 0.6 is 0 Å². The van der Waals surface area contributed by atoms with Crippen molar-refractivity contribution in [2.45, 2.75) is 38.8 Å². The average Bonchev–Trinajstić information content (AvgIpc) is 2.86. The molecule has 0 spiro atoms. The predicted octanol–water partition coefficient (Wildman–Crippen LogP) is 1.71. The van der Waals surface area contributed by atoms with Gasteiger partial charge in [-0.1, -0.05) is 6.92 Å². The average molecular weight is 288 g/mol. The smallest absolute Gasteiger partial charge is 0.222 e. The molecule has 2 aliphatic rings. The van der Waals surface area contributed by atoms with Crippen molar-refractivity contribution in [1.82, 2.24) is 14.8 Å². The highest BCUT2D eigenvalue weighted by atomic mass is 16.2. The number of hydrogen-bond donors (Lipinski definition) is 1. The van der Waals surface area contributed by atoms with E-state index >= 15 is 0 Å². The van der Waals surface area contributed by atoms with Crippen LogP contribution in [-0.4, -0.2) is 52.9 Å². The molecule has 5 nitrogen and oxygen atoms in total. The highest BCUT2D eigenvalue weighted by Crippen LogP contribution is 2.23. The van der Waals surface area contributed by atoms with Crippen LogP contribution < -0.4 is 5.32 Å². The summed E-state index contributed by atoms with van der Waals surface area (Å²) >= 11 is 0. The Morgan fingerprint density at radius 1 is 1.43 bits per heavy atom. The van der Waals surface area contributed by atoms with Gasteiger partial charge in [0.25, 0.3) is 0 Å². The number of fused-ring (bicyclic) bond motifs is 1. The van der Waals surface area contributed by atoms with Gasteiger partial charge < -0.3 is 10.2 Å². The van der Waals surface area contributed by atoms with Gasteiger partial charge in [0.15, 0.2) is 0 Å². The van der Waals surface area contributed by atoms with E-state index in [1.807, 2.05) is 6.20 Å². The number of carbonyl (C=O) groups excluding carboxylic acids is 1. The van der Waals surface area contributed by atoms with E-state index in [0.29, 0.717) is 11.9 Å². The maximum absolute atomic E-state index is 11.7. The number of nitrogens with one attached hydrogen (secondary N) is 1. The van der Waals surface area contributed by atoms with Gasteiger partial charge in [-0.25, -0.2) is 4.98 Å². The van der Waals surface area contributed by atoms with Gasteiger partial charge in [0.05, 0.1) is 0 Å². The van der Waals surface area contributed by atoms with Crippen LogP contribution in [-0.2, 0) is 11.3 Å². The van der Waals surface area contributed by atoms with E-state index < -0.39 is 0 Å². The Balaban J connectivity index is 1.58. The van der Waals surface area contributed by atoms with Crippen molar-refractivity contribution in [2.75, 3.05) is 31.5 Å². The minimum absolute atomic E-state index is 0.342. The van der Waals surface area contributed by atoms with Crippen molar-refractivity contribution in [3.63, 3.8) is 0 Å². The third kappa shape index (κ3) is 3.35. The molecule has 5 heteroatoms. The minimum atomic E-state index is 0.342. The van der Waals surface area contributed by atoms with Gasteiger partial charge in [-0.05, 0) is 30.5 Å². The van der Waals surface area contributed by atoms with Gasteiger partial charge >= 0.3 is 0 Å². The van der Waals surface area contributed by atoms with Crippen molar-refractivity contribution in [2.24, 2.45) is 0 Å². The molecule has 3 heterocycles. The lowest BCUT2D eigenvalue weighted by atomic mass is 10.1. The second kappa shape index (κ2) is 6.43. The first kappa shape index (κ1) is 14.3. The summed E-state index contributed by atoms with van der Waals surface area (Å²) in [5.41, 5.74) is 1.29. The van der Waals surface area contributed by atoms with E-state index in [2.05, 4.69) is 39.2 Å². The first-order valence-electron chi connectivity index (χ1n) is 7.97. The molecule has 0 aromatic carbocycles. The topological polar surface area (TPSA) is 48.5 Å². The first-order valence-corrected chi connectivity index (χ1v) is 7.97. The van der Waals surface area contributed by atoms with Crippen LogP contribution in [0.3, 0.4) is 0 Å². The number of anilines is 1. The summed E-state index contributed by atoms with van der Waals surface area (Å²) in [4.78, 5) is 20.6. The molecule has 1 unspecified atom stereocenters. The third-order valence-electron chi connectivity index (χ3n) is 4.37. The number of carbonyl (C=O) groups is 1. The summed E-state index contributed by atoms with van der Waals surface area (Å²) < 4.78 is 0. The van der Waals surface area contributed by atoms with E-state index in [1.54, 1.807) is 0 Å². The molecule has 2 aliphatic heterocycles. The first-order chi connectivity index (χ1) is 10.3. The van der Waals surface area contributed by atoms with Crippen LogP contribution in [0.4, 0.5) is 5.82 Å². The Morgan fingerprint density at radius 3 is 3.19 bits per heavy atom. The van der Waals surface area contributed by atoms with Crippen molar-refractivity contribution in [1.29, 1.82) is 0 Å². The monoisotopic (exact) mass is 288 g/mol. The zero-order valence-corrected chi connectivity index (χ0v) is 12.7.